The van der Waals surface area contributed by atoms with E-state index in [2.05, 4.69) is 11.5 Å². The van der Waals surface area contributed by atoms with Gasteiger partial charge in [0.2, 0.25) is 0 Å². The minimum atomic E-state index is -0.386. The summed E-state index contributed by atoms with van der Waals surface area (Å²) < 4.78 is 2.12. The number of imidazole rings is 1. The lowest BCUT2D eigenvalue weighted by Crippen LogP contribution is -2.17. The normalized spacial score (nSPS) is 12.4. The van der Waals surface area contributed by atoms with Gasteiger partial charge in [-0.15, -0.1) is 0 Å². The Morgan fingerprint density at radius 2 is 1.92 bits per heavy atom. The molecular weight excluding hydrogens is 316 g/mol. The Kier molecular flexibility index (Phi) is 5.09. The Morgan fingerprint density at radius 3 is 2.60 bits per heavy atom. The number of nitrogens with zero attached hydrogens (tertiary/aromatic N) is 3. The van der Waals surface area contributed by atoms with E-state index in [0.29, 0.717) is 6.54 Å². The summed E-state index contributed by atoms with van der Waals surface area (Å²) in [5.41, 5.74) is 9.42. The molecule has 0 aliphatic rings. The molecule has 6 nitrogen and oxygen atoms in total. The molecule has 0 bridgehead atoms. The van der Waals surface area contributed by atoms with Gasteiger partial charge in [-0.3, -0.25) is 10.1 Å². The van der Waals surface area contributed by atoms with Crippen LogP contribution in [0.25, 0.3) is 11.0 Å². The number of benzene rings is 2. The first kappa shape index (κ1) is 17.1. The standard InChI is InChI=1S/C19H22N4O2/c1-2-3-6-16(20)19-21-17-7-4-5-8-18(17)22(19)13-14-9-11-15(12-10-14)23(24)25/h4-5,7-12,16H,2-3,6,13,20H2,1H3. The quantitative estimate of drug-likeness (QED) is 0.517. The largest absolute Gasteiger partial charge is 0.322 e. The molecular formula is C19H22N4O2. The van der Waals surface area contributed by atoms with Crippen LogP contribution in [0.4, 0.5) is 5.69 Å². The molecule has 0 radical (unpaired) electrons. The highest BCUT2D eigenvalue weighted by Gasteiger charge is 2.17. The number of fused-ring (bicyclic) bond motifs is 1. The molecule has 0 amide bonds. The molecule has 1 aromatic heterocycles. The van der Waals surface area contributed by atoms with Crippen molar-refractivity contribution in [2.45, 2.75) is 38.8 Å². The summed E-state index contributed by atoms with van der Waals surface area (Å²) in [5.74, 6) is 0.869. The topological polar surface area (TPSA) is 87.0 Å². The van der Waals surface area contributed by atoms with E-state index in [4.69, 9.17) is 10.7 Å². The fourth-order valence-corrected chi connectivity index (χ4v) is 3.00. The number of nitrogens with two attached hydrogens (primary N) is 1. The Bertz CT molecular complexity index is 871. The number of unbranched alkanes of at least 4 members (excludes halogenated alkanes) is 1. The lowest BCUT2D eigenvalue weighted by atomic mass is 10.1. The van der Waals surface area contributed by atoms with Gasteiger partial charge in [0.05, 0.1) is 22.0 Å². The zero-order valence-corrected chi connectivity index (χ0v) is 14.3. The molecule has 130 valence electrons. The van der Waals surface area contributed by atoms with Crippen molar-refractivity contribution < 1.29 is 4.92 Å². The van der Waals surface area contributed by atoms with Gasteiger partial charge in [0, 0.05) is 18.7 Å². The van der Waals surface area contributed by atoms with Crippen molar-refractivity contribution >= 4 is 16.7 Å². The van der Waals surface area contributed by atoms with E-state index in [1.807, 2.05) is 24.3 Å². The van der Waals surface area contributed by atoms with Gasteiger partial charge in [0.15, 0.2) is 0 Å². The van der Waals surface area contributed by atoms with Crippen molar-refractivity contribution in [3.8, 4) is 0 Å². The molecule has 3 rings (SSSR count). The highest BCUT2D eigenvalue weighted by atomic mass is 16.6. The Morgan fingerprint density at radius 1 is 1.20 bits per heavy atom. The summed E-state index contributed by atoms with van der Waals surface area (Å²) in [6, 6.07) is 14.5. The van der Waals surface area contributed by atoms with Gasteiger partial charge in [-0.1, -0.05) is 44.0 Å². The minimum Gasteiger partial charge on any atom is -0.322 e. The highest BCUT2D eigenvalue weighted by Crippen LogP contribution is 2.24. The van der Waals surface area contributed by atoms with Crippen molar-refractivity contribution in [1.29, 1.82) is 0 Å². The van der Waals surface area contributed by atoms with Crippen LogP contribution in [-0.2, 0) is 6.54 Å². The Hall–Kier alpha value is -2.73. The summed E-state index contributed by atoms with van der Waals surface area (Å²) in [6.45, 7) is 2.74. The molecule has 1 atom stereocenters. The van der Waals surface area contributed by atoms with E-state index in [9.17, 15) is 10.1 Å². The lowest BCUT2D eigenvalue weighted by molar-refractivity contribution is -0.384. The maximum Gasteiger partial charge on any atom is 0.269 e. The molecule has 2 aromatic carbocycles. The average molecular weight is 338 g/mol. The van der Waals surface area contributed by atoms with Crippen LogP contribution in [0.3, 0.4) is 0 Å². The lowest BCUT2D eigenvalue weighted by Gasteiger charge is -2.14. The predicted molar refractivity (Wildman–Crippen MR) is 98.4 cm³/mol. The molecule has 0 spiro atoms. The Balaban J connectivity index is 1.96. The molecule has 6 heteroatoms. The van der Waals surface area contributed by atoms with Crippen LogP contribution in [0.5, 0.6) is 0 Å². The van der Waals surface area contributed by atoms with Crippen LogP contribution in [0.1, 0.15) is 43.6 Å². The van der Waals surface area contributed by atoms with Crippen molar-refractivity contribution in [1.82, 2.24) is 9.55 Å². The molecule has 0 saturated heterocycles. The van der Waals surface area contributed by atoms with Crippen LogP contribution < -0.4 is 5.73 Å². The first-order valence-electron chi connectivity index (χ1n) is 8.54. The van der Waals surface area contributed by atoms with E-state index >= 15 is 0 Å². The molecule has 2 N–H and O–H groups in total. The summed E-state index contributed by atoms with van der Waals surface area (Å²) in [5, 5.41) is 10.8. The molecule has 0 saturated carbocycles. The highest BCUT2D eigenvalue weighted by molar-refractivity contribution is 5.76. The molecule has 0 aliphatic heterocycles. The van der Waals surface area contributed by atoms with Crippen molar-refractivity contribution in [3.05, 3.63) is 70.0 Å². The SMILES string of the molecule is CCCCC(N)c1nc2ccccc2n1Cc1ccc([N+](=O)[O-])cc1. The second-order valence-corrected chi connectivity index (χ2v) is 6.22. The molecule has 1 heterocycles. The summed E-state index contributed by atoms with van der Waals surface area (Å²) in [7, 11) is 0. The molecule has 25 heavy (non-hydrogen) atoms. The molecule has 0 fully saturated rings. The first-order chi connectivity index (χ1) is 12.1. The maximum absolute atomic E-state index is 10.8. The van der Waals surface area contributed by atoms with E-state index in [1.54, 1.807) is 12.1 Å². The van der Waals surface area contributed by atoms with Crippen LogP contribution in [0, 0.1) is 10.1 Å². The average Bonchev–Trinajstić information content (AvgIpc) is 2.99. The Labute approximate surface area is 146 Å². The summed E-state index contributed by atoms with van der Waals surface area (Å²) in [4.78, 5) is 15.2. The van der Waals surface area contributed by atoms with E-state index in [1.165, 1.54) is 12.1 Å². The first-order valence-corrected chi connectivity index (χ1v) is 8.54. The number of non-ortho nitro benzene ring substituents is 1. The van der Waals surface area contributed by atoms with Crippen LogP contribution >= 0.6 is 0 Å². The predicted octanol–water partition coefficient (Wildman–Crippen LogP) is 4.18. The summed E-state index contributed by atoms with van der Waals surface area (Å²) in [6.07, 6.45) is 3.04. The van der Waals surface area contributed by atoms with E-state index in [-0.39, 0.29) is 16.7 Å². The number of hydrogen-bond donors (Lipinski definition) is 1. The molecule has 0 aliphatic carbocycles. The van der Waals surface area contributed by atoms with Crippen LogP contribution in [0.2, 0.25) is 0 Å². The van der Waals surface area contributed by atoms with Crippen LogP contribution in [-0.4, -0.2) is 14.5 Å². The van der Waals surface area contributed by atoms with Gasteiger partial charge in [0.25, 0.3) is 5.69 Å². The number of rotatable bonds is 7. The number of hydrogen-bond acceptors (Lipinski definition) is 4. The second-order valence-electron chi connectivity index (χ2n) is 6.22. The van der Waals surface area contributed by atoms with Gasteiger partial charge in [-0.2, -0.15) is 0 Å². The van der Waals surface area contributed by atoms with Gasteiger partial charge in [-0.05, 0) is 24.1 Å². The third-order valence-corrected chi connectivity index (χ3v) is 4.37. The maximum atomic E-state index is 10.8. The third kappa shape index (κ3) is 3.69. The number of aromatic nitrogens is 2. The zero-order valence-electron chi connectivity index (χ0n) is 14.3. The monoisotopic (exact) mass is 338 g/mol. The zero-order chi connectivity index (χ0) is 17.8. The van der Waals surface area contributed by atoms with Gasteiger partial charge < -0.3 is 10.3 Å². The van der Waals surface area contributed by atoms with Gasteiger partial charge in [-0.25, -0.2) is 4.98 Å². The molecule has 3 aromatic rings. The van der Waals surface area contributed by atoms with E-state index in [0.717, 1.165) is 41.7 Å². The van der Waals surface area contributed by atoms with E-state index < -0.39 is 0 Å². The number of para-hydroxylation sites is 2. The second kappa shape index (κ2) is 7.44. The van der Waals surface area contributed by atoms with Crippen molar-refractivity contribution in [3.63, 3.8) is 0 Å². The third-order valence-electron chi connectivity index (χ3n) is 4.37. The number of nitro benzene ring substituents is 1. The fourth-order valence-electron chi connectivity index (χ4n) is 3.00. The van der Waals surface area contributed by atoms with Crippen LogP contribution in [0.15, 0.2) is 48.5 Å². The van der Waals surface area contributed by atoms with Crippen molar-refractivity contribution in [2.75, 3.05) is 0 Å². The minimum absolute atomic E-state index is 0.0964. The van der Waals surface area contributed by atoms with Crippen molar-refractivity contribution in [2.24, 2.45) is 5.73 Å². The van der Waals surface area contributed by atoms with Gasteiger partial charge >= 0.3 is 0 Å². The fraction of sp³-hybridized carbons (Fsp3) is 0.316. The molecule has 1 unspecified atom stereocenters. The van der Waals surface area contributed by atoms with Gasteiger partial charge in [0.1, 0.15) is 5.82 Å². The smallest absolute Gasteiger partial charge is 0.269 e. The number of nitro groups is 1. The summed E-state index contributed by atoms with van der Waals surface area (Å²) >= 11 is 0.